The molecule has 0 rings (SSSR count). The summed E-state index contributed by atoms with van der Waals surface area (Å²) < 4.78 is 0.323. The Kier molecular flexibility index (Phi) is 4.63. The van der Waals surface area contributed by atoms with Crippen LogP contribution in [0.15, 0.2) is 12.7 Å². The summed E-state index contributed by atoms with van der Waals surface area (Å²) in [4.78, 5) is 10.7. The lowest BCUT2D eigenvalue weighted by atomic mass is 10.5. The first-order valence-corrected chi connectivity index (χ1v) is 2.47. The number of likely N-dealkylation sites (N-methyl/N-ethyl adjacent to an activating group) is 1. The average molecular weight is 150 g/mol. The maximum atomic E-state index is 10.7. The predicted octanol–water partition coefficient (Wildman–Crippen LogP) is -2.59. The van der Waals surface area contributed by atoms with Crippen molar-refractivity contribution < 1.29 is 21.7 Å². The molecule has 0 aromatic rings. The van der Waals surface area contributed by atoms with Crippen LogP contribution >= 0.6 is 0 Å². The van der Waals surface area contributed by atoms with Crippen LogP contribution in [0.4, 0.5) is 0 Å². The maximum Gasteiger partial charge on any atom is 0.337 e. The van der Waals surface area contributed by atoms with Gasteiger partial charge < -0.3 is 12.4 Å². The van der Waals surface area contributed by atoms with E-state index in [1.54, 1.807) is 0 Å². The van der Waals surface area contributed by atoms with Gasteiger partial charge in [-0.25, -0.2) is 4.79 Å². The Morgan fingerprint density at radius 3 is 1.78 bits per heavy atom. The summed E-state index contributed by atoms with van der Waals surface area (Å²) >= 11 is 0. The highest BCUT2D eigenvalue weighted by Gasteiger charge is 2.14. The lowest BCUT2D eigenvalue weighted by Crippen LogP contribution is -3.00. The zero-order valence-electron chi connectivity index (χ0n) is 6.02. The third-order valence-corrected chi connectivity index (χ3v) is 0.836. The lowest BCUT2D eigenvalue weighted by molar-refractivity contribution is -0.789. The number of halogens is 1. The Hall–Kier alpha value is -0.340. The van der Waals surface area contributed by atoms with Crippen molar-refractivity contribution in [1.82, 2.24) is 0 Å². The Morgan fingerprint density at radius 1 is 1.44 bits per heavy atom. The number of quaternary nitrogens is 1. The van der Waals surface area contributed by atoms with Crippen molar-refractivity contribution in [2.45, 2.75) is 0 Å². The fourth-order valence-corrected chi connectivity index (χ4v) is 0.274. The maximum absolute atomic E-state index is 10.7. The second-order valence-corrected chi connectivity index (χ2v) is 2.55. The predicted molar refractivity (Wildman–Crippen MR) is 33.2 cm³/mol. The van der Waals surface area contributed by atoms with Crippen LogP contribution in [-0.4, -0.2) is 31.5 Å². The van der Waals surface area contributed by atoms with Gasteiger partial charge in [0.15, 0.2) is 0 Å². The summed E-state index contributed by atoms with van der Waals surface area (Å²) in [5.74, 6) is 0.0324. The standard InChI is InChI=1S/C6H12NO.ClH/c1-5-6(8)7(2,3)4;/h5H,1H2,2-4H3;1H/q+1;/p-1. The number of carbonyl (C=O) groups is 1. The van der Waals surface area contributed by atoms with Gasteiger partial charge in [0.25, 0.3) is 0 Å². The van der Waals surface area contributed by atoms with E-state index in [9.17, 15) is 4.79 Å². The number of hydrogen-bond donors (Lipinski definition) is 0. The zero-order chi connectivity index (χ0) is 6.78. The van der Waals surface area contributed by atoms with E-state index < -0.39 is 0 Å². The van der Waals surface area contributed by atoms with E-state index in [2.05, 4.69) is 6.58 Å². The van der Waals surface area contributed by atoms with Gasteiger partial charge in [0.05, 0.1) is 21.1 Å². The number of nitrogens with zero attached hydrogens (tertiary/aromatic N) is 1. The molecule has 0 heterocycles. The fraction of sp³-hybridized carbons (Fsp3) is 0.500. The summed E-state index contributed by atoms with van der Waals surface area (Å²) in [5, 5.41) is 0. The quantitative estimate of drug-likeness (QED) is 0.296. The van der Waals surface area contributed by atoms with Gasteiger partial charge in [-0.15, -0.1) is 0 Å². The third kappa shape index (κ3) is 4.18. The molecule has 0 spiro atoms. The Bertz CT molecular complexity index is 115. The van der Waals surface area contributed by atoms with Crippen LogP contribution < -0.4 is 12.4 Å². The minimum absolute atomic E-state index is 0. The summed E-state index contributed by atoms with van der Waals surface area (Å²) in [6.45, 7) is 3.36. The number of rotatable bonds is 1. The normalized spacial score (nSPS) is 9.67. The number of hydrogen-bond acceptors (Lipinski definition) is 1. The van der Waals surface area contributed by atoms with E-state index in [0.29, 0.717) is 4.48 Å². The molecular formula is C6H12ClNO. The van der Waals surface area contributed by atoms with E-state index in [-0.39, 0.29) is 18.3 Å². The first kappa shape index (κ1) is 11.5. The third-order valence-electron chi connectivity index (χ3n) is 0.836. The number of amides is 1. The van der Waals surface area contributed by atoms with Crippen molar-refractivity contribution in [2.24, 2.45) is 0 Å². The van der Waals surface area contributed by atoms with E-state index in [0.717, 1.165) is 0 Å². The molecule has 0 saturated carbocycles. The van der Waals surface area contributed by atoms with Crippen LogP contribution in [0.5, 0.6) is 0 Å². The highest BCUT2D eigenvalue weighted by atomic mass is 35.5. The molecule has 54 valence electrons. The van der Waals surface area contributed by atoms with Crippen LogP contribution in [-0.2, 0) is 4.79 Å². The smallest absolute Gasteiger partial charge is 0.337 e. The van der Waals surface area contributed by atoms with Crippen molar-refractivity contribution >= 4 is 5.91 Å². The van der Waals surface area contributed by atoms with Gasteiger partial charge in [-0.1, -0.05) is 6.58 Å². The van der Waals surface area contributed by atoms with Gasteiger partial charge in [-0.2, -0.15) is 0 Å². The van der Waals surface area contributed by atoms with Crippen LogP contribution in [0.1, 0.15) is 0 Å². The van der Waals surface area contributed by atoms with E-state index in [4.69, 9.17) is 0 Å². The van der Waals surface area contributed by atoms with Crippen LogP contribution in [0.3, 0.4) is 0 Å². The number of carbonyl (C=O) groups excluding carboxylic acids is 1. The first-order chi connectivity index (χ1) is 3.48. The topological polar surface area (TPSA) is 17.1 Å². The molecule has 0 unspecified atom stereocenters. The Morgan fingerprint density at radius 2 is 1.78 bits per heavy atom. The highest BCUT2D eigenvalue weighted by molar-refractivity contribution is 5.80. The van der Waals surface area contributed by atoms with Crippen LogP contribution in [0.25, 0.3) is 0 Å². The lowest BCUT2D eigenvalue weighted by Gasteiger charge is -2.17. The summed E-state index contributed by atoms with van der Waals surface area (Å²) in [6.07, 6.45) is 1.33. The zero-order valence-corrected chi connectivity index (χ0v) is 6.77. The van der Waals surface area contributed by atoms with E-state index in [1.807, 2.05) is 21.1 Å². The summed E-state index contributed by atoms with van der Waals surface area (Å²) in [6, 6.07) is 0. The van der Waals surface area contributed by atoms with Gasteiger partial charge in [0, 0.05) is 6.08 Å². The molecule has 1 amide bonds. The SMILES string of the molecule is C=CC(=O)[N+](C)(C)C.[Cl-]. The van der Waals surface area contributed by atoms with Crippen molar-refractivity contribution in [3.05, 3.63) is 12.7 Å². The fourth-order valence-electron chi connectivity index (χ4n) is 0.274. The molecule has 0 fully saturated rings. The van der Waals surface area contributed by atoms with Crippen LogP contribution in [0, 0.1) is 0 Å². The molecule has 0 aliphatic rings. The first-order valence-electron chi connectivity index (χ1n) is 2.47. The molecule has 0 aromatic heterocycles. The van der Waals surface area contributed by atoms with Crippen molar-refractivity contribution in [3.63, 3.8) is 0 Å². The van der Waals surface area contributed by atoms with Gasteiger partial charge in [-0.3, -0.25) is 4.48 Å². The molecule has 3 heteroatoms. The second-order valence-electron chi connectivity index (χ2n) is 2.55. The largest absolute Gasteiger partial charge is 1.00 e. The molecule has 0 saturated heterocycles. The second kappa shape index (κ2) is 3.64. The molecule has 0 N–H and O–H groups in total. The highest BCUT2D eigenvalue weighted by Crippen LogP contribution is 1.90. The monoisotopic (exact) mass is 149 g/mol. The van der Waals surface area contributed by atoms with Gasteiger partial charge >= 0.3 is 5.91 Å². The van der Waals surface area contributed by atoms with Crippen molar-refractivity contribution in [2.75, 3.05) is 21.1 Å². The van der Waals surface area contributed by atoms with Gasteiger partial charge in [0.2, 0.25) is 0 Å². The van der Waals surface area contributed by atoms with Gasteiger partial charge in [-0.05, 0) is 0 Å². The summed E-state index contributed by atoms with van der Waals surface area (Å²) in [5.41, 5.74) is 0. The molecule has 0 bridgehead atoms. The van der Waals surface area contributed by atoms with E-state index >= 15 is 0 Å². The average Bonchev–Trinajstić information content (AvgIpc) is 1.62. The van der Waals surface area contributed by atoms with Crippen molar-refractivity contribution in [1.29, 1.82) is 0 Å². The van der Waals surface area contributed by atoms with Crippen molar-refractivity contribution in [3.8, 4) is 0 Å². The van der Waals surface area contributed by atoms with Gasteiger partial charge in [0.1, 0.15) is 0 Å². The summed E-state index contributed by atoms with van der Waals surface area (Å²) in [7, 11) is 5.43. The molecule has 0 aliphatic heterocycles. The molecule has 9 heavy (non-hydrogen) atoms. The van der Waals surface area contributed by atoms with Crippen LogP contribution in [0.2, 0.25) is 0 Å². The van der Waals surface area contributed by atoms with E-state index in [1.165, 1.54) is 6.08 Å². The molecule has 0 radical (unpaired) electrons. The molecular weight excluding hydrogens is 138 g/mol. The molecule has 0 atom stereocenters. The molecule has 0 aliphatic carbocycles. The Balaban J connectivity index is 0. The Labute approximate surface area is 62.2 Å². The molecule has 0 aromatic carbocycles. The molecule has 2 nitrogen and oxygen atoms in total. The minimum atomic E-state index is 0. The minimum Gasteiger partial charge on any atom is -1.00 e.